The number of hydrogen-bond acceptors (Lipinski definition) is 1. The van der Waals surface area contributed by atoms with E-state index in [4.69, 9.17) is 11.1 Å². The van der Waals surface area contributed by atoms with E-state index in [2.05, 4.69) is 0 Å². The van der Waals surface area contributed by atoms with E-state index >= 15 is 0 Å². The second-order valence-corrected chi connectivity index (χ2v) is 2.56. The molecule has 0 aromatic heterocycles. The highest BCUT2D eigenvalue weighted by Gasteiger charge is 2.11. The highest BCUT2D eigenvalue weighted by Crippen LogP contribution is 2.14. The van der Waals surface area contributed by atoms with Gasteiger partial charge in [0.2, 0.25) is 0 Å². The zero-order valence-electron chi connectivity index (χ0n) is 6.57. The molecule has 0 heterocycles. The van der Waals surface area contributed by atoms with Gasteiger partial charge in [-0.05, 0) is 6.07 Å². The molecule has 0 spiro atoms. The zero-order chi connectivity index (χ0) is 10.0. The van der Waals surface area contributed by atoms with Crippen LogP contribution < -0.4 is 5.73 Å². The summed E-state index contributed by atoms with van der Waals surface area (Å²) in [6.07, 6.45) is -0.291. The zero-order valence-corrected chi connectivity index (χ0v) is 6.57. The topological polar surface area (TPSA) is 49.9 Å². The van der Waals surface area contributed by atoms with Crippen molar-refractivity contribution in [2.24, 2.45) is 5.73 Å². The Kier molecular flexibility index (Phi) is 2.55. The maximum Gasteiger partial charge on any atom is 0.162 e. The van der Waals surface area contributed by atoms with Crippen LogP contribution in [-0.2, 0) is 6.42 Å². The Morgan fingerprint density at radius 1 is 1.31 bits per heavy atom. The normalized spacial score (nSPS) is 10.1. The number of nitrogens with two attached hydrogens (primary N) is 1. The number of hydrogen-bond donors (Lipinski definition) is 2. The van der Waals surface area contributed by atoms with Gasteiger partial charge in [0.1, 0.15) is 5.82 Å². The van der Waals surface area contributed by atoms with Crippen molar-refractivity contribution in [3.05, 3.63) is 35.1 Å². The summed E-state index contributed by atoms with van der Waals surface area (Å²) in [5.41, 5.74) is 4.72. The summed E-state index contributed by atoms with van der Waals surface area (Å²) in [5, 5.41) is 6.84. The first-order valence-corrected chi connectivity index (χ1v) is 3.47. The second-order valence-electron chi connectivity index (χ2n) is 2.56. The number of benzene rings is 1. The van der Waals surface area contributed by atoms with Gasteiger partial charge in [0.15, 0.2) is 11.6 Å². The first-order valence-electron chi connectivity index (χ1n) is 3.47. The SMILES string of the molecule is N=C(N)Cc1cc(F)cc(F)c1F. The molecule has 0 radical (unpaired) electrons. The smallest absolute Gasteiger partial charge is 0.162 e. The van der Waals surface area contributed by atoms with Crippen LogP contribution in [0.4, 0.5) is 13.2 Å². The predicted octanol–water partition coefficient (Wildman–Crippen LogP) is 1.58. The molecule has 0 fully saturated rings. The van der Waals surface area contributed by atoms with E-state index in [1.165, 1.54) is 0 Å². The summed E-state index contributed by atoms with van der Waals surface area (Å²) < 4.78 is 38.0. The van der Waals surface area contributed by atoms with Crippen molar-refractivity contribution < 1.29 is 13.2 Å². The van der Waals surface area contributed by atoms with Gasteiger partial charge >= 0.3 is 0 Å². The van der Waals surface area contributed by atoms with Crippen LogP contribution in [0.1, 0.15) is 5.56 Å². The maximum atomic E-state index is 12.8. The van der Waals surface area contributed by atoms with Crippen LogP contribution in [0.5, 0.6) is 0 Å². The summed E-state index contributed by atoms with van der Waals surface area (Å²) in [5.74, 6) is -3.65. The molecule has 70 valence electrons. The van der Waals surface area contributed by atoms with E-state index < -0.39 is 17.5 Å². The maximum absolute atomic E-state index is 12.8. The van der Waals surface area contributed by atoms with Crippen molar-refractivity contribution in [3.8, 4) is 0 Å². The number of halogens is 3. The van der Waals surface area contributed by atoms with Crippen LogP contribution in [-0.4, -0.2) is 5.84 Å². The molecule has 0 saturated heterocycles. The number of nitrogens with one attached hydrogen (secondary N) is 1. The van der Waals surface area contributed by atoms with Gasteiger partial charge in [-0.1, -0.05) is 0 Å². The van der Waals surface area contributed by atoms with Gasteiger partial charge in [-0.2, -0.15) is 0 Å². The van der Waals surface area contributed by atoms with Gasteiger partial charge in [-0.3, -0.25) is 5.41 Å². The molecule has 0 aliphatic heterocycles. The molecule has 0 atom stereocenters. The molecule has 1 aromatic carbocycles. The quantitative estimate of drug-likeness (QED) is 0.413. The van der Waals surface area contributed by atoms with Crippen molar-refractivity contribution in [2.45, 2.75) is 6.42 Å². The van der Waals surface area contributed by atoms with Gasteiger partial charge in [-0.15, -0.1) is 0 Å². The highest BCUT2D eigenvalue weighted by atomic mass is 19.2. The molecule has 0 aliphatic carbocycles. The number of amidine groups is 1. The third kappa shape index (κ3) is 2.21. The molecule has 1 rings (SSSR count). The lowest BCUT2D eigenvalue weighted by atomic mass is 10.1. The molecule has 0 saturated carbocycles. The third-order valence-corrected chi connectivity index (χ3v) is 1.45. The van der Waals surface area contributed by atoms with E-state index in [1.807, 2.05) is 0 Å². The monoisotopic (exact) mass is 188 g/mol. The lowest BCUT2D eigenvalue weighted by Crippen LogP contribution is -2.14. The van der Waals surface area contributed by atoms with Crippen LogP contribution in [0.25, 0.3) is 0 Å². The lowest BCUT2D eigenvalue weighted by Gasteiger charge is -2.02. The van der Waals surface area contributed by atoms with Gasteiger partial charge in [0.25, 0.3) is 0 Å². The molecule has 3 N–H and O–H groups in total. The lowest BCUT2D eigenvalue weighted by molar-refractivity contribution is 0.487. The van der Waals surface area contributed by atoms with Crippen molar-refractivity contribution in [1.29, 1.82) is 5.41 Å². The molecular formula is C8H7F3N2. The molecule has 0 aliphatic rings. The van der Waals surface area contributed by atoms with E-state index in [0.29, 0.717) is 6.07 Å². The molecule has 0 bridgehead atoms. The largest absolute Gasteiger partial charge is 0.387 e. The second kappa shape index (κ2) is 3.47. The van der Waals surface area contributed by atoms with Gasteiger partial charge in [0, 0.05) is 18.1 Å². The summed E-state index contributed by atoms with van der Waals surface area (Å²) in [6.45, 7) is 0. The van der Waals surface area contributed by atoms with Gasteiger partial charge < -0.3 is 5.73 Å². The fraction of sp³-hybridized carbons (Fsp3) is 0.125. The van der Waals surface area contributed by atoms with Crippen LogP contribution in [0.2, 0.25) is 0 Å². The van der Waals surface area contributed by atoms with Crippen molar-refractivity contribution in [2.75, 3.05) is 0 Å². The Hall–Kier alpha value is -1.52. The highest BCUT2D eigenvalue weighted by molar-refractivity contribution is 5.79. The minimum atomic E-state index is -1.27. The first-order chi connectivity index (χ1) is 6.00. The fourth-order valence-electron chi connectivity index (χ4n) is 0.943. The predicted molar refractivity (Wildman–Crippen MR) is 41.9 cm³/mol. The molecule has 13 heavy (non-hydrogen) atoms. The van der Waals surface area contributed by atoms with Crippen LogP contribution in [0.15, 0.2) is 12.1 Å². The summed E-state index contributed by atoms with van der Waals surface area (Å²) in [4.78, 5) is 0. The first kappa shape index (κ1) is 9.57. The molecule has 5 heteroatoms. The fourth-order valence-corrected chi connectivity index (χ4v) is 0.943. The van der Waals surface area contributed by atoms with Crippen LogP contribution >= 0.6 is 0 Å². The van der Waals surface area contributed by atoms with Crippen molar-refractivity contribution in [1.82, 2.24) is 0 Å². The third-order valence-electron chi connectivity index (χ3n) is 1.45. The summed E-state index contributed by atoms with van der Waals surface area (Å²) >= 11 is 0. The molecular weight excluding hydrogens is 181 g/mol. The summed E-state index contributed by atoms with van der Waals surface area (Å²) in [6, 6.07) is 1.26. The average molecular weight is 188 g/mol. The van der Waals surface area contributed by atoms with Gasteiger partial charge in [-0.25, -0.2) is 13.2 Å². The Morgan fingerprint density at radius 2 is 1.92 bits per heavy atom. The van der Waals surface area contributed by atoms with Crippen LogP contribution in [0, 0.1) is 22.9 Å². The van der Waals surface area contributed by atoms with Crippen molar-refractivity contribution >= 4 is 5.84 Å². The Bertz CT molecular complexity index is 349. The summed E-state index contributed by atoms with van der Waals surface area (Å²) in [7, 11) is 0. The molecule has 1 aromatic rings. The van der Waals surface area contributed by atoms with E-state index in [9.17, 15) is 13.2 Å². The number of rotatable bonds is 2. The minimum Gasteiger partial charge on any atom is -0.387 e. The van der Waals surface area contributed by atoms with E-state index in [-0.39, 0.29) is 17.8 Å². The van der Waals surface area contributed by atoms with Crippen LogP contribution in [0.3, 0.4) is 0 Å². The Balaban J connectivity index is 3.12. The van der Waals surface area contributed by atoms with Gasteiger partial charge in [0.05, 0.1) is 5.84 Å². The van der Waals surface area contributed by atoms with Crippen molar-refractivity contribution in [3.63, 3.8) is 0 Å². The van der Waals surface area contributed by atoms with E-state index in [0.717, 1.165) is 6.07 Å². The van der Waals surface area contributed by atoms with E-state index in [1.54, 1.807) is 0 Å². The standard InChI is InChI=1S/C8H7F3N2/c9-5-1-4(2-7(12)13)8(11)6(10)3-5/h1,3H,2H2,(H3,12,13). The molecule has 0 unspecified atom stereocenters. The minimum absolute atomic E-state index is 0.245. The average Bonchev–Trinajstić information content (AvgIpc) is 1.98. The molecule has 0 amide bonds. The Labute approximate surface area is 72.7 Å². The molecule has 2 nitrogen and oxygen atoms in total. The Morgan fingerprint density at radius 3 is 2.46 bits per heavy atom.